The van der Waals surface area contributed by atoms with Crippen LogP contribution in [0, 0.1) is 17.8 Å². The van der Waals surface area contributed by atoms with E-state index < -0.39 is 5.97 Å². The van der Waals surface area contributed by atoms with Crippen molar-refractivity contribution in [3.8, 4) is 11.8 Å². The molecule has 0 spiro atoms. The van der Waals surface area contributed by atoms with Crippen molar-refractivity contribution in [2.24, 2.45) is 5.92 Å². The molecule has 2 saturated carbocycles. The average molecular weight is 484 g/mol. The number of rotatable bonds is 6. The Balaban J connectivity index is 1.45. The van der Waals surface area contributed by atoms with E-state index in [0.29, 0.717) is 37.2 Å². The lowest BCUT2D eigenvalue weighted by atomic mass is 9.80. The van der Waals surface area contributed by atoms with Gasteiger partial charge in [0.1, 0.15) is 0 Å². The number of carboxylic acids is 1. The molecule has 5 rings (SSSR count). The van der Waals surface area contributed by atoms with Crippen molar-refractivity contribution >= 4 is 22.8 Å². The van der Waals surface area contributed by atoms with Gasteiger partial charge in [-0.2, -0.15) is 5.10 Å². The van der Waals surface area contributed by atoms with Crippen molar-refractivity contribution in [1.29, 1.82) is 0 Å². The summed E-state index contributed by atoms with van der Waals surface area (Å²) in [5.74, 6) is 5.60. The Kier molecular flexibility index (Phi) is 6.82. The summed E-state index contributed by atoms with van der Waals surface area (Å²) in [6.45, 7) is 3.91. The molecule has 1 heterocycles. The summed E-state index contributed by atoms with van der Waals surface area (Å²) in [6.07, 6.45) is 8.20. The first-order chi connectivity index (χ1) is 17.5. The maximum absolute atomic E-state index is 13.5. The van der Waals surface area contributed by atoms with Gasteiger partial charge in [0.05, 0.1) is 29.2 Å². The fourth-order valence-corrected chi connectivity index (χ4v) is 5.56. The number of amides is 1. The highest BCUT2D eigenvalue weighted by Gasteiger charge is 2.28. The molecule has 0 bridgehead atoms. The average Bonchev–Trinajstić information content (AvgIpc) is 3.29. The van der Waals surface area contributed by atoms with E-state index in [0.717, 1.165) is 22.0 Å². The van der Waals surface area contributed by atoms with Gasteiger partial charge in [-0.3, -0.25) is 14.3 Å². The van der Waals surface area contributed by atoms with Crippen molar-refractivity contribution < 1.29 is 14.7 Å². The lowest BCUT2D eigenvalue weighted by Gasteiger charge is -2.27. The maximum atomic E-state index is 13.5. The lowest BCUT2D eigenvalue weighted by molar-refractivity contribution is -0.142. The third-order valence-corrected chi connectivity index (χ3v) is 8.04. The van der Waals surface area contributed by atoms with Gasteiger partial charge in [0.25, 0.3) is 5.91 Å². The van der Waals surface area contributed by atoms with Crippen molar-refractivity contribution in [3.63, 3.8) is 0 Å². The van der Waals surface area contributed by atoms with E-state index >= 15 is 0 Å². The second kappa shape index (κ2) is 10.2. The van der Waals surface area contributed by atoms with E-state index in [9.17, 15) is 14.7 Å². The summed E-state index contributed by atoms with van der Waals surface area (Å²) in [5, 5.41) is 18.0. The number of fused-ring (bicyclic) bond motifs is 1. The molecule has 6 nitrogen and oxygen atoms in total. The minimum Gasteiger partial charge on any atom is -0.481 e. The van der Waals surface area contributed by atoms with Crippen LogP contribution in [0.1, 0.15) is 97.8 Å². The number of carboxylic acid groups (broad SMARTS) is 1. The molecule has 2 N–H and O–H groups in total. The molecule has 0 radical (unpaired) electrons. The zero-order chi connectivity index (χ0) is 25.2. The molecule has 1 atom stereocenters. The fraction of sp³-hybridized carbons (Fsp3) is 0.433. The normalized spacial score (nSPS) is 20.7. The number of nitrogens with zero attached hydrogens (tertiary/aromatic N) is 2. The Bertz CT molecular complexity index is 1330. The van der Waals surface area contributed by atoms with Gasteiger partial charge in [-0.15, -0.1) is 5.92 Å². The van der Waals surface area contributed by atoms with Gasteiger partial charge in [0.15, 0.2) is 0 Å². The molecular weight excluding hydrogens is 450 g/mol. The van der Waals surface area contributed by atoms with E-state index in [4.69, 9.17) is 5.10 Å². The van der Waals surface area contributed by atoms with Crippen molar-refractivity contribution in [2.75, 3.05) is 0 Å². The van der Waals surface area contributed by atoms with Gasteiger partial charge < -0.3 is 10.4 Å². The second-order valence-electron chi connectivity index (χ2n) is 10.2. The number of hydrogen-bond acceptors (Lipinski definition) is 3. The Hall–Kier alpha value is -3.59. The molecule has 186 valence electrons. The van der Waals surface area contributed by atoms with Gasteiger partial charge in [0, 0.05) is 17.0 Å². The van der Waals surface area contributed by atoms with E-state index in [-0.39, 0.29) is 23.9 Å². The second-order valence-corrected chi connectivity index (χ2v) is 10.2. The Labute approximate surface area is 212 Å². The fourth-order valence-electron chi connectivity index (χ4n) is 5.56. The molecule has 1 amide bonds. The van der Waals surface area contributed by atoms with Gasteiger partial charge in [-0.1, -0.05) is 36.6 Å². The lowest BCUT2D eigenvalue weighted by Crippen LogP contribution is -2.39. The highest BCUT2D eigenvalue weighted by atomic mass is 16.4. The molecular formula is C30H33N3O3. The number of nitrogens with one attached hydrogen (secondary N) is 1. The molecule has 0 saturated heterocycles. The van der Waals surface area contributed by atoms with Crippen LogP contribution in [0.25, 0.3) is 10.9 Å². The first-order valence-corrected chi connectivity index (χ1v) is 13.0. The van der Waals surface area contributed by atoms with Crippen LogP contribution < -0.4 is 5.32 Å². The van der Waals surface area contributed by atoms with Gasteiger partial charge in [-0.25, -0.2) is 0 Å². The van der Waals surface area contributed by atoms with Crippen molar-refractivity contribution in [1.82, 2.24) is 15.1 Å². The first-order valence-electron chi connectivity index (χ1n) is 13.0. The highest BCUT2D eigenvalue weighted by molar-refractivity contribution is 6.07. The molecule has 36 heavy (non-hydrogen) atoms. The summed E-state index contributed by atoms with van der Waals surface area (Å²) < 4.78 is 1.94. The molecule has 2 aromatic carbocycles. The van der Waals surface area contributed by atoms with E-state index in [1.807, 2.05) is 23.0 Å². The molecule has 2 aliphatic rings. The van der Waals surface area contributed by atoms with Crippen LogP contribution in [0.15, 0.2) is 42.6 Å². The molecule has 6 heteroatoms. The molecule has 0 unspecified atom stereocenters. The van der Waals surface area contributed by atoms with Crippen LogP contribution in [0.3, 0.4) is 0 Å². The predicted molar refractivity (Wildman–Crippen MR) is 140 cm³/mol. The molecule has 0 aliphatic heterocycles. The SMILES string of the molecule is CC#Cc1ccc(C(=O)NC2CCC(C(=O)O)CC2)c2c1cnn2[C@H](C)c1ccc(C2CCC2)cc1. The number of carbonyl (C=O) groups excluding carboxylic acids is 1. The van der Waals surface area contributed by atoms with E-state index in [1.54, 1.807) is 6.92 Å². The van der Waals surface area contributed by atoms with Gasteiger partial charge in [-0.05, 0) is 81.5 Å². The third-order valence-electron chi connectivity index (χ3n) is 8.04. The van der Waals surface area contributed by atoms with Crippen molar-refractivity contribution in [3.05, 3.63) is 64.8 Å². The quantitative estimate of drug-likeness (QED) is 0.443. The largest absolute Gasteiger partial charge is 0.481 e. The summed E-state index contributed by atoms with van der Waals surface area (Å²) in [7, 11) is 0. The maximum Gasteiger partial charge on any atom is 0.306 e. The minimum atomic E-state index is -0.743. The Morgan fingerprint density at radius 3 is 2.39 bits per heavy atom. The number of carbonyl (C=O) groups is 2. The molecule has 3 aromatic rings. The van der Waals surface area contributed by atoms with E-state index in [1.165, 1.54) is 24.8 Å². The third kappa shape index (κ3) is 4.63. The summed E-state index contributed by atoms with van der Waals surface area (Å²) in [6, 6.07) is 12.5. The smallest absolute Gasteiger partial charge is 0.306 e. The zero-order valence-electron chi connectivity index (χ0n) is 21.0. The summed E-state index contributed by atoms with van der Waals surface area (Å²) in [4.78, 5) is 24.8. The van der Waals surface area contributed by atoms with E-state index in [2.05, 4.69) is 48.3 Å². The van der Waals surface area contributed by atoms with Crippen LogP contribution in [0.2, 0.25) is 0 Å². The van der Waals surface area contributed by atoms with Crippen LogP contribution in [0.5, 0.6) is 0 Å². The molecule has 2 aliphatic carbocycles. The van der Waals surface area contributed by atoms with Crippen molar-refractivity contribution in [2.45, 2.75) is 76.8 Å². The Morgan fingerprint density at radius 2 is 1.78 bits per heavy atom. The van der Waals surface area contributed by atoms with Crippen LogP contribution >= 0.6 is 0 Å². The number of aliphatic carboxylic acids is 1. The summed E-state index contributed by atoms with van der Waals surface area (Å²) in [5.41, 5.74) is 4.75. The summed E-state index contributed by atoms with van der Waals surface area (Å²) >= 11 is 0. The first kappa shape index (κ1) is 24.1. The monoisotopic (exact) mass is 483 g/mol. The van der Waals surface area contributed by atoms with Gasteiger partial charge >= 0.3 is 5.97 Å². The van der Waals surface area contributed by atoms with Crippen LogP contribution in [-0.4, -0.2) is 32.8 Å². The van der Waals surface area contributed by atoms with Crippen LogP contribution in [0.4, 0.5) is 0 Å². The minimum absolute atomic E-state index is 0.0221. The molecule has 1 aromatic heterocycles. The van der Waals surface area contributed by atoms with Crippen LogP contribution in [-0.2, 0) is 4.79 Å². The van der Waals surface area contributed by atoms with Gasteiger partial charge in [0.2, 0.25) is 0 Å². The number of hydrogen-bond donors (Lipinski definition) is 2. The topological polar surface area (TPSA) is 84.2 Å². The highest BCUT2D eigenvalue weighted by Crippen LogP contribution is 2.37. The Morgan fingerprint density at radius 1 is 1.06 bits per heavy atom. The zero-order valence-corrected chi connectivity index (χ0v) is 21.0. The number of benzene rings is 2. The predicted octanol–water partition coefficient (Wildman–Crippen LogP) is 5.66. The standard InChI is InChI=1S/C30H33N3O3/c1-3-5-23-14-17-26(29(34)32-25-15-12-24(13-16-25)30(35)36)28-27(23)18-31-33(28)19(2)20-8-10-22(11-9-20)21-6-4-7-21/h8-11,14,17-19,21,24-25H,4,6-7,12-13,15-16H2,1-2H3,(H,32,34)(H,35,36)/t19-,24?,25?/m1/s1. The number of aromatic nitrogens is 2. The molecule has 2 fully saturated rings.